The molecule has 10 heteroatoms. The number of amides is 3. The average molecular weight is 508 g/mol. The number of pyridine rings is 2. The molecule has 2 aromatic heterocycles. The maximum Gasteiger partial charge on any atom is 0.252 e. The highest BCUT2D eigenvalue weighted by molar-refractivity contribution is 5.98. The van der Waals surface area contributed by atoms with Gasteiger partial charge in [0.1, 0.15) is 11.9 Å². The van der Waals surface area contributed by atoms with Crippen LogP contribution in [0.1, 0.15) is 52.9 Å². The van der Waals surface area contributed by atoms with Crippen molar-refractivity contribution in [3.8, 4) is 0 Å². The highest BCUT2D eigenvalue weighted by Gasteiger charge is 2.28. The summed E-state index contributed by atoms with van der Waals surface area (Å²) in [6, 6.07) is 3.08. The molecular formula is C27H37N7O3. The number of anilines is 2. The highest BCUT2D eigenvalue weighted by atomic mass is 16.2. The Morgan fingerprint density at radius 3 is 2.57 bits per heavy atom. The molecule has 3 amide bonds. The van der Waals surface area contributed by atoms with Gasteiger partial charge in [-0.25, -0.2) is 4.98 Å². The van der Waals surface area contributed by atoms with E-state index in [4.69, 9.17) is 10.7 Å². The summed E-state index contributed by atoms with van der Waals surface area (Å²) in [6.45, 7) is 4.67. The molecule has 2 aromatic rings. The van der Waals surface area contributed by atoms with E-state index in [9.17, 15) is 14.4 Å². The second kappa shape index (κ2) is 12.4. The number of carbonyl (C=O) groups is 3. The van der Waals surface area contributed by atoms with Crippen LogP contribution in [0.15, 0.2) is 36.7 Å². The van der Waals surface area contributed by atoms with E-state index in [0.717, 1.165) is 29.7 Å². The molecular weight excluding hydrogens is 470 g/mol. The first-order valence-corrected chi connectivity index (χ1v) is 12.4. The van der Waals surface area contributed by atoms with Crippen LogP contribution in [0.25, 0.3) is 0 Å². The van der Waals surface area contributed by atoms with Crippen LogP contribution in [0.4, 0.5) is 11.5 Å². The average Bonchev–Trinajstić information content (AvgIpc) is 3.69. The first-order valence-electron chi connectivity index (χ1n) is 12.4. The summed E-state index contributed by atoms with van der Waals surface area (Å²) in [4.78, 5) is 49.2. The number of nitrogens with one attached hydrogen (secondary N) is 2. The predicted octanol–water partition coefficient (Wildman–Crippen LogP) is 2.13. The first kappa shape index (κ1) is 27.8. The van der Waals surface area contributed by atoms with Gasteiger partial charge in [0.2, 0.25) is 11.8 Å². The van der Waals surface area contributed by atoms with Crippen molar-refractivity contribution in [1.82, 2.24) is 25.1 Å². The second-order valence-electron chi connectivity index (χ2n) is 9.76. The van der Waals surface area contributed by atoms with Crippen LogP contribution in [0.2, 0.25) is 0 Å². The van der Waals surface area contributed by atoms with E-state index in [1.807, 2.05) is 32.0 Å². The van der Waals surface area contributed by atoms with E-state index < -0.39 is 11.9 Å². The number of nitrogens with two attached hydrogens (primary N) is 1. The summed E-state index contributed by atoms with van der Waals surface area (Å²) in [5, 5.41) is 6.08. The van der Waals surface area contributed by atoms with E-state index >= 15 is 0 Å². The summed E-state index contributed by atoms with van der Waals surface area (Å²) in [7, 11) is 5.44. The maximum absolute atomic E-state index is 12.6. The van der Waals surface area contributed by atoms with Crippen molar-refractivity contribution in [2.24, 2.45) is 5.73 Å². The Hall–Kier alpha value is -3.79. The van der Waals surface area contributed by atoms with Gasteiger partial charge in [-0.3, -0.25) is 19.4 Å². The van der Waals surface area contributed by atoms with E-state index in [1.165, 1.54) is 11.0 Å². The third kappa shape index (κ3) is 7.85. The number of hydrogen-bond acceptors (Lipinski definition) is 7. The van der Waals surface area contributed by atoms with Gasteiger partial charge in [0, 0.05) is 44.0 Å². The third-order valence-corrected chi connectivity index (χ3v) is 6.29. The SMILES string of the molecule is Cc1cc(C(N)=O)c(Nc2cncc(CCNC(=O)[C@H](C)N(C)C(=O)/C=C/CN(C)C)c2)nc1C1CC1. The van der Waals surface area contributed by atoms with Crippen molar-refractivity contribution in [2.45, 2.75) is 45.1 Å². The zero-order valence-electron chi connectivity index (χ0n) is 22.2. The number of aryl methyl sites for hydroxylation is 1. The molecule has 1 aliphatic rings. The molecule has 4 N–H and O–H groups in total. The standard InChI is InChI=1S/C27H37N7O3/c1-17-13-22(25(28)36)26(32-24(17)20-8-9-20)31-21-14-19(15-29-16-21)10-11-30-27(37)18(2)34(5)23(35)7-6-12-33(3)4/h6-7,13-16,18,20H,8-12H2,1-5H3,(H2,28,36)(H,30,37)(H,31,32)/b7-6+/t18-/m0/s1. The lowest BCUT2D eigenvalue weighted by atomic mass is 10.1. The van der Waals surface area contributed by atoms with Crippen molar-refractivity contribution in [1.29, 1.82) is 0 Å². The van der Waals surface area contributed by atoms with Crippen LogP contribution in [-0.2, 0) is 16.0 Å². The summed E-state index contributed by atoms with van der Waals surface area (Å²) in [6.07, 6.45) is 9.36. The summed E-state index contributed by atoms with van der Waals surface area (Å²) < 4.78 is 0. The van der Waals surface area contributed by atoms with Gasteiger partial charge in [-0.05, 0) is 70.5 Å². The first-order chi connectivity index (χ1) is 17.6. The molecule has 0 saturated heterocycles. The zero-order valence-corrected chi connectivity index (χ0v) is 22.2. The van der Waals surface area contributed by atoms with Gasteiger partial charge in [0.25, 0.3) is 5.91 Å². The topological polar surface area (TPSA) is 134 Å². The lowest BCUT2D eigenvalue weighted by molar-refractivity contribution is -0.135. The van der Waals surface area contributed by atoms with Crippen molar-refractivity contribution >= 4 is 29.2 Å². The Morgan fingerprint density at radius 1 is 1.19 bits per heavy atom. The monoisotopic (exact) mass is 507 g/mol. The van der Waals surface area contributed by atoms with Crippen molar-refractivity contribution in [3.63, 3.8) is 0 Å². The minimum Gasteiger partial charge on any atom is -0.365 e. The molecule has 0 bridgehead atoms. The molecule has 0 spiro atoms. The molecule has 37 heavy (non-hydrogen) atoms. The molecule has 0 aliphatic heterocycles. The normalized spacial score (nSPS) is 14.0. The minimum absolute atomic E-state index is 0.225. The van der Waals surface area contributed by atoms with Gasteiger partial charge in [0.05, 0.1) is 17.4 Å². The van der Waals surface area contributed by atoms with Crippen LogP contribution in [0.3, 0.4) is 0 Å². The fourth-order valence-corrected chi connectivity index (χ4v) is 3.84. The van der Waals surface area contributed by atoms with E-state index in [1.54, 1.807) is 38.5 Å². The number of carbonyl (C=O) groups excluding carboxylic acids is 3. The Kier molecular flexibility index (Phi) is 9.35. The van der Waals surface area contributed by atoms with Gasteiger partial charge in [-0.1, -0.05) is 6.08 Å². The van der Waals surface area contributed by atoms with Gasteiger partial charge in [0.15, 0.2) is 0 Å². The van der Waals surface area contributed by atoms with E-state index in [2.05, 4.69) is 15.6 Å². The zero-order chi connectivity index (χ0) is 27.1. The number of likely N-dealkylation sites (N-methyl/N-ethyl adjacent to an activating group) is 2. The number of rotatable bonds is 12. The minimum atomic E-state index is -0.608. The summed E-state index contributed by atoms with van der Waals surface area (Å²) in [5.41, 5.74) is 9.46. The van der Waals surface area contributed by atoms with Crippen LogP contribution >= 0.6 is 0 Å². The van der Waals surface area contributed by atoms with Crippen molar-refractivity contribution in [3.05, 3.63) is 59.1 Å². The van der Waals surface area contributed by atoms with Crippen molar-refractivity contribution in [2.75, 3.05) is 39.5 Å². The Labute approximate surface area is 218 Å². The summed E-state index contributed by atoms with van der Waals surface area (Å²) in [5.74, 6) is -0.146. The Bertz CT molecular complexity index is 1170. The third-order valence-electron chi connectivity index (χ3n) is 6.29. The molecule has 1 aliphatic carbocycles. The van der Waals surface area contributed by atoms with Gasteiger partial charge in [-0.15, -0.1) is 0 Å². The van der Waals surface area contributed by atoms with Gasteiger partial charge >= 0.3 is 0 Å². The maximum atomic E-state index is 12.6. The molecule has 3 rings (SSSR count). The smallest absolute Gasteiger partial charge is 0.252 e. The molecule has 198 valence electrons. The second-order valence-corrected chi connectivity index (χ2v) is 9.76. The molecule has 0 radical (unpaired) electrons. The molecule has 10 nitrogen and oxygen atoms in total. The van der Waals surface area contributed by atoms with Crippen LogP contribution in [-0.4, -0.2) is 77.8 Å². The van der Waals surface area contributed by atoms with Crippen LogP contribution in [0.5, 0.6) is 0 Å². The van der Waals surface area contributed by atoms with Gasteiger partial charge < -0.3 is 26.2 Å². The number of aromatic nitrogens is 2. The predicted molar refractivity (Wildman–Crippen MR) is 144 cm³/mol. The number of nitrogens with zero attached hydrogens (tertiary/aromatic N) is 4. The molecule has 0 aromatic carbocycles. The fraction of sp³-hybridized carbons (Fsp3) is 0.444. The van der Waals surface area contributed by atoms with E-state index in [-0.39, 0.29) is 11.8 Å². The fourth-order valence-electron chi connectivity index (χ4n) is 3.84. The lowest BCUT2D eigenvalue weighted by Crippen LogP contribution is -2.45. The van der Waals surface area contributed by atoms with Crippen LogP contribution < -0.4 is 16.4 Å². The lowest BCUT2D eigenvalue weighted by Gasteiger charge is -2.23. The molecule has 1 saturated carbocycles. The molecule has 0 unspecified atom stereocenters. The van der Waals surface area contributed by atoms with Crippen LogP contribution in [0, 0.1) is 6.92 Å². The van der Waals surface area contributed by atoms with Gasteiger partial charge in [-0.2, -0.15) is 0 Å². The Morgan fingerprint density at radius 2 is 1.92 bits per heavy atom. The molecule has 2 heterocycles. The van der Waals surface area contributed by atoms with E-state index in [0.29, 0.717) is 42.5 Å². The van der Waals surface area contributed by atoms with Crippen molar-refractivity contribution < 1.29 is 14.4 Å². The Balaban J connectivity index is 1.58. The molecule has 1 fully saturated rings. The summed E-state index contributed by atoms with van der Waals surface area (Å²) >= 11 is 0. The molecule has 1 atom stereocenters. The largest absolute Gasteiger partial charge is 0.365 e. The highest BCUT2D eigenvalue weighted by Crippen LogP contribution is 2.41. The number of hydrogen-bond donors (Lipinski definition) is 3. The number of primary amides is 1. The quantitative estimate of drug-likeness (QED) is 0.375.